The highest BCUT2D eigenvalue weighted by Gasteiger charge is 2.38. The van der Waals surface area contributed by atoms with Gasteiger partial charge in [0.15, 0.2) is 11.6 Å². The summed E-state index contributed by atoms with van der Waals surface area (Å²) in [7, 11) is 0. The SMILES string of the molecule is CC(C)(O)C(=O)c1ccc2c(c1)C(C)(C)c1cc(C(=O)C(C)(C)O)ccc1-2. The number of Topliss-reactive ketones (excluding diaryl/α,β-unsaturated/α-hetero) is 2. The summed E-state index contributed by atoms with van der Waals surface area (Å²) in [6.07, 6.45) is 0. The Morgan fingerprint density at radius 3 is 1.37 bits per heavy atom. The molecular weight excluding hydrogens is 340 g/mol. The number of hydrogen-bond acceptors (Lipinski definition) is 4. The van der Waals surface area contributed by atoms with E-state index in [2.05, 4.69) is 0 Å². The summed E-state index contributed by atoms with van der Waals surface area (Å²) in [6.45, 7) is 10.0. The topological polar surface area (TPSA) is 74.6 Å². The van der Waals surface area contributed by atoms with Crippen LogP contribution in [0.5, 0.6) is 0 Å². The minimum absolute atomic E-state index is 0.324. The summed E-state index contributed by atoms with van der Waals surface area (Å²) >= 11 is 0. The fourth-order valence-corrected chi connectivity index (χ4v) is 3.73. The van der Waals surface area contributed by atoms with Gasteiger partial charge in [0, 0.05) is 16.5 Å². The molecule has 0 heterocycles. The summed E-state index contributed by atoms with van der Waals surface area (Å²) in [5, 5.41) is 20.1. The van der Waals surface area contributed by atoms with Crippen LogP contribution in [0.4, 0.5) is 0 Å². The Morgan fingerprint density at radius 2 is 1.07 bits per heavy atom. The van der Waals surface area contributed by atoms with Crippen LogP contribution in [0, 0.1) is 0 Å². The van der Waals surface area contributed by atoms with Crippen LogP contribution in [0.25, 0.3) is 11.1 Å². The van der Waals surface area contributed by atoms with E-state index in [4.69, 9.17) is 0 Å². The summed E-state index contributed by atoms with van der Waals surface area (Å²) in [5.74, 6) is -0.648. The fraction of sp³-hybridized carbons (Fsp3) is 0.391. The molecule has 4 heteroatoms. The third-order valence-electron chi connectivity index (χ3n) is 5.31. The first-order valence-electron chi connectivity index (χ1n) is 9.08. The lowest BCUT2D eigenvalue weighted by molar-refractivity contribution is 0.0487. The number of benzene rings is 2. The van der Waals surface area contributed by atoms with E-state index in [-0.39, 0.29) is 11.6 Å². The Bertz CT molecular complexity index is 876. The van der Waals surface area contributed by atoms with Crippen LogP contribution in [-0.2, 0) is 5.41 Å². The Hall–Kier alpha value is -2.30. The van der Waals surface area contributed by atoms with Crippen molar-refractivity contribution in [3.63, 3.8) is 0 Å². The molecule has 0 amide bonds. The number of carbonyl (C=O) groups excluding carboxylic acids is 2. The molecule has 0 spiro atoms. The molecule has 2 aromatic carbocycles. The van der Waals surface area contributed by atoms with Gasteiger partial charge in [-0.05, 0) is 62.1 Å². The molecule has 0 unspecified atom stereocenters. The van der Waals surface area contributed by atoms with Crippen molar-refractivity contribution in [2.75, 3.05) is 0 Å². The summed E-state index contributed by atoms with van der Waals surface area (Å²) in [6, 6.07) is 11.0. The molecule has 1 aliphatic carbocycles. The average molecular weight is 366 g/mol. The quantitative estimate of drug-likeness (QED) is 0.805. The van der Waals surface area contributed by atoms with Gasteiger partial charge >= 0.3 is 0 Å². The lowest BCUT2D eigenvalue weighted by Gasteiger charge is -2.24. The molecule has 0 saturated carbocycles. The normalized spacial score (nSPS) is 15.3. The highest BCUT2D eigenvalue weighted by Crippen LogP contribution is 2.49. The molecule has 1 aliphatic rings. The van der Waals surface area contributed by atoms with Crippen molar-refractivity contribution in [1.29, 1.82) is 0 Å². The third-order valence-corrected chi connectivity index (χ3v) is 5.31. The van der Waals surface area contributed by atoms with Gasteiger partial charge in [0.05, 0.1) is 0 Å². The van der Waals surface area contributed by atoms with E-state index in [0.29, 0.717) is 11.1 Å². The van der Waals surface area contributed by atoms with Gasteiger partial charge in [-0.3, -0.25) is 9.59 Å². The van der Waals surface area contributed by atoms with E-state index in [9.17, 15) is 19.8 Å². The number of carbonyl (C=O) groups is 2. The van der Waals surface area contributed by atoms with E-state index in [1.165, 1.54) is 27.7 Å². The lowest BCUT2D eigenvalue weighted by Crippen LogP contribution is -2.31. The van der Waals surface area contributed by atoms with Gasteiger partial charge in [0.1, 0.15) is 11.2 Å². The van der Waals surface area contributed by atoms with Crippen molar-refractivity contribution in [3.8, 4) is 11.1 Å². The zero-order valence-electron chi connectivity index (χ0n) is 16.7. The molecule has 0 fully saturated rings. The van der Waals surface area contributed by atoms with Gasteiger partial charge in [-0.1, -0.05) is 38.1 Å². The van der Waals surface area contributed by atoms with Crippen LogP contribution in [-0.4, -0.2) is 33.0 Å². The predicted molar refractivity (Wildman–Crippen MR) is 105 cm³/mol. The molecule has 27 heavy (non-hydrogen) atoms. The molecule has 0 saturated heterocycles. The van der Waals surface area contributed by atoms with Crippen molar-refractivity contribution in [2.45, 2.75) is 58.2 Å². The minimum atomic E-state index is -1.43. The van der Waals surface area contributed by atoms with Crippen LogP contribution in [0.15, 0.2) is 36.4 Å². The Labute approximate surface area is 159 Å². The van der Waals surface area contributed by atoms with E-state index in [1.54, 1.807) is 12.1 Å². The second-order valence-electron chi connectivity index (χ2n) is 8.92. The Kier molecular flexibility index (Phi) is 4.21. The first kappa shape index (κ1) is 19.5. The van der Waals surface area contributed by atoms with Crippen LogP contribution in [0.3, 0.4) is 0 Å². The smallest absolute Gasteiger partial charge is 0.193 e. The Morgan fingerprint density at radius 1 is 0.741 bits per heavy atom. The monoisotopic (exact) mass is 366 g/mol. The van der Waals surface area contributed by atoms with Crippen molar-refractivity contribution >= 4 is 11.6 Å². The maximum absolute atomic E-state index is 12.5. The zero-order valence-corrected chi connectivity index (χ0v) is 16.7. The van der Waals surface area contributed by atoms with E-state index < -0.39 is 16.6 Å². The molecule has 2 aromatic rings. The molecule has 4 nitrogen and oxygen atoms in total. The molecule has 0 atom stereocenters. The first-order chi connectivity index (χ1) is 12.2. The standard InChI is InChI=1S/C23H26O4/c1-21(2)17-11-13(19(24)22(3,4)26)7-9-15(17)16-10-8-14(12-18(16)21)20(25)23(5,6)27/h7-12,26-27H,1-6H3. The van der Waals surface area contributed by atoms with Crippen LogP contribution in [0.2, 0.25) is 0 Å². The highest BCUT2D eigenvalue weighted by atomic mass is 16.3. The molecule has 0 radical (unpaired) electrons. The first-order valence-corrected chi connectivity index (χ1v) is 9.08. The third kappa shape index (κ3) is 3.13. The highest BCUT2D eigenvalue weighted by molar-refractivity contribution is 6.04. The van der Waals surface area contributed by atoms with Crippen molar-refractivity contribution in [3.05, 3.63) is 58.7 Å². The minimum Gasteiger partial charge on any atom is -0.382 e. The van der Waals surface area contributed by atoms with E-state index >= 15 is 0 Å². The molecular formula is C23H26O4. The van der Waals surface area contributed by atoms with E-state index in [0.717, 1.165) is 22.3 Å². The molecule has 0 aromatic heterocycles. The Balaban J connectivity index is 2.13. The number of hydrogen-bond donors (Lipinski definition) is 2. The van der Waals surface area contributed by atoms with Gasteiger partial charge < -0.3 is 10.2 Å². The summed E-state index contributed by atoms with van der Waals surface area (Å²) in [4.78, 5) is 25.0. The second kappa shape index (κ2) is 5.85. The van der Waals surface area contributed by atoms with E-state index in [1.807, 2.05) is 38.1 Å². The number of aliphatic hydroxyl groups is 2. The van der Waals surface area contributed by atoms with Crippen LogP contribution >= 0.6 is 0 Å². The summed E-state index contributed by atoms with van der Waals surface area (Å²) < 4.78 is 0. The molecule has 0 aliphatic heterocycles. The fourth-order valence-electron chi connectivity index (χ4n) is 3.73. The summed E-state index contributed by atoms with van der Waals surface area (Å²) in [5.41, 5.74) is 1.67. The van der Waals surface area contributed by atoms with Crippen molar-refractivity contribution in [2.24, 2.45) is 0 Å². The number of rotatable bonds is 4. The maximum atomic E-state index is 12.5. The van der Waals surface area contributed by atoms with Crippen LogP contribution < -0.4 is 0 Å². The lowest BCUT2D eigenvalue weighted by atomic mass is 9.80. The van der Waals surface area contributed by atoms with Crippen molar-refractivity contribution in [1.82, 2.24) is 0 Å². The zero-order chi connectivity index (χ0) is 20.4. The largest absolute Gasteiger partial charge is 0.382 e. The van der Waals surface area contributed by atoms with Gasteiger partial charge in [-0.15, -0.1) is 0 Å². The average Bonchev–Trinajstić information content (AvgIpc) is 2.79. The van der Waals surface area contributed by atoms with Crippen LogP contribution in [0.1, 0.15) is 73.4 Å². The predicted octanol–water partition coefficient (Wildman–Crippen LogP) is 3.90. The molecule has 2 N–H and O–H groups in total. The van der Waals surface area contributed by atoms with Gasteiger partial charge in [0.2, 0.25) is 0 Å². The van der Waals surface area contributed by atoms with Gasteiger partial charge in [0.25, 0.3) is 0 Å². The molecule has 3 rings (SSSR count). The number of fused-ring (bicyclic) bond motifs is 3. The van der Waals surface area contributed by atoms with Gasteiger partial charge in [-0.25, -0.2) is 0 Å². The number of ketones is 2. The second-order valence-corrected chi connectivity index (χ2v) is 8.92. The molecule has 0 bridgehead atoms. The maximum Gasteiger partial charge on any atom is 0.193 e. The molecule has 142 valence electrons. The van der Waals surface area contributed by atoms with Gasteiger partial charge in [-0.2, -0.15) is 0 Å². The van der Waals surface area contributed by atoms with Crippen molar-refractivity contribution < 1.29 is 19.8 Å².